The number of unbranched alkanes of at least 4 members (excludes halogenated alkanes) is 2. The molecule has 166 valence electrons. The Morgan fingerprint density at radius 3 is 2.45 bits per heavy atom. The molecule has 8 heteroatoms. The highest BCUT2D eigenvalue weighted by Gasteiger charge is 2.16. The second kappa shape index (κ2) is 12.4. The first kappa shape index (κ1) is 24.8. The first-order chi connectivity index (χ1) is 14.8. The van der Waals surface area contributed by atoms with Crippen LogP contribution in [0.4, 0.5) is 11.4 Å². The molecule has 0 aliphatic heterocycles. The molecule has 2 aromatic carbocycles. The van der Waals surface area contributed by atoms with Gasteiger partial charge in [0.1, 0.15) is 5.75 Å². The fourth-order valence-corrected chi connectivity index (χ4v) is 3.37. The molecule has 2 aromatic rings. The van der Waals surface area contributed by atoms with Crippen molar-refractivity contribution in [3.8, 4) is 5.75 Å². The van der Waals surface area contributed by atoms with E-state index >= 15 is 0 Å². The van der Waals surface area contributed by atoms with Crippen molar-refractivity contribution in [2.24, 2.45) is 0 Å². The molecule has 6 nitrogen and oxygen atoms in total. The van der Waals surface area contributed by atoms with Crippen LogP contribution in [-0.2, 0) is 4.79 Å². The minimum Gasteiger partial charge on any atom is -0.490 e. The number of thiocarbonyl (C=S) groups is 1. The number of rotatable bonds is 9. The van der Waals surface area contributed by atoms with Gasteiger partial charge in [-0.05, 0) is 68.9 Å². The standard InChI is InChI=1S/C23H28BrN3O3S/c1-4-5-6-10-21(28)25-17-8-7-9-18(14-17)26-23(31)27-22(29)19-13-16(24)11-12-20(19)30-15(2)3/h7-9,11-15H,4-6,10H2,1-3H3,(H,25,28)(H2,26,27,29,31). The van der Waals surface area contributed by atoms with Gasteiger partial charge in [-0.3, -0.25) is 14.9 Å². The highest BCUT2D eigenvalue weighted by molar-refractivity contribution is 9.10. The van der Waals surface area contributed by atoms with Crippen LogP contribution in [0.1, 0.15) is 56.8 Å². The zero-order valence-corrected chi connectivity index (χ0v) is 20.4. The lowest BCUT2D eigenvalue weighted by Gasteiger charge is -2.15. The van der Waals surface area contributed by atoms with Crippen LogP contribution >= 0.6 is 28.1 Å². The normalized spacial score (nSPS) is 10.5. The summed E-state index contributed by atoms with van der Waals surface area (Å²) in [5.41, 5.74) is 1.70. The number of anilines is 2. The number of hydrogen-bond donors (Lipinski definition) is 3. The van der Waals surface area contributed by atoms with Gasteiger partial charge in [0.05, 0.1) is 11.7 Å². The third kappa shape index (κ3) is 8.67. The van der Waals surface area contributed by atoms with Gasteiger partial charge in [0.15, 0.2) is 5.11 Å². The van der Waals surface area contributed by atoms with Crippen molar-refractivity contribution >= 4 is 56.4 Å². The second-order valence-corrected chi connectivity index (χ2v) is 8.63. The number of amides is 2. The Bertz CT molecular complexity index is 934. The number of halogens is 1. The molecule has 3 N–H and O–H groups in total. The quantitative estimate of drug-likeness (QED) is 0.292. The van der Waals surface area contributed by atoms with Crippen LogP contribution in [0.3, 0.4) is 0 Å². The summed E-state index contributed by atoms with van der Waals surface area (Å²) in [6.07, 6.45) is 3.39. The molecular formula is C23H28BrN3O3S. The van der Waals surface area contributed by atoms with Gasteiger partial charge in [0.25, 0.3) is 5.91 Å². The molecule has 0 unspecified atom stereocenters. The van der Waals surface area contributed by atoms with Crippen molar-refractivity contribution in [1.29, 1.82) is 0 Å². The van der Waals surface area contributed by atoms with Crippen molar-refractivity contribution < 1.29 is 14.3 Å². The smallest absolute Gasteiger partial charge is 0.261 e. The van der Waals surface area contributed by atoms with Gasteiger partial charge in [-0.2, -0.15) is 0 Å². The zero-order valence-electron chi connectivity index (χ0n) is 18.0. The zero-order chi connectivity index (χ0) is 22.8. The van der Waals surface area contributed by atoms with E-state index in [9.17, 15) is 9.59 Å². The molecule has 0 bridgehead atoms. The number of carbonyl (C=O) groups excluding carboxylic acids is 2. The number of benzene rings is 2. The van der Waals surface area contributed by atoms with Crippen LogP contribution in [0, 0.1) is 0 Å². The van der Waals surface area contributed by atoms with Crippen LogP contribution in [0.15, 0.2) is 46.9 Å². The minimum atomic E-state index is -0.380. The maximum Gasteiger partial charge on any atom is 0.261 e. The fourth-order valence-electron chi connectivity index (χ4n) is 2.80. The van der Waals surface area contributed by atoms with E-state index < -0.39 is 0 Å². The van der Waals surface area contributed by atoms with E-state index in [0.29, 0.717) is 29.1 Å². The van der Waals surface area contributed by atoms with E-state index in [2.05, 4.69) is 38.8 Å². The summed E-state index contributed by atoms with van der Waals surface area (Å²) in [4.78, 5) is 24.8. The van der Waals surface area contributed by atoms with Gasteiger partial charge >= 0.3 is 0 Å². The third-order valence-electron chi connectivity index (χ3n) is 4.19. The Labute approximate surface area is 197 Å². The summed E-state index contributed by atoms with van der Waals surface area (Å²) in [5, 5.41) is 8.68. The average molecular weight is 506 g/mol. The van der Waals surface area contributed by atoms with Gasteiger partial charge in [0.2, 0.25) is 5.91 Å². The molecule has 0 saturated heterocycles. The number of carbonyl (C=O) groups is 2. The Balaban J connectivity index is 1.99. The average Bonchev–Trinajstić information content (AvgIpc) is 2.69. The first-order valence-electron chi connectivity index (χ1n) is 10.3. The molecule has 0 saturated carbocycles. The largest absolute Gasteiger partial charge is 0.490 e. The molecule has 0 aliphatic carbocycles. The van der Waals surface area contributed by atoms with Gasteiger partial charge in [0, 0.05) is 22.3 Å². The summed E-state index contributed by atoms with van der Waals surface area (Å²) < 4.78 is 6.48. The van der Waals surface area contributed by atoms with Gasteiger partial charge in [-0.25, -0.2) is 0 Å². The number of hydrogen-bond acceptors (Lipinski definition) is 4. The van der Waals surface area contributed by atoms with E-state index in [1.54, 1.807) is 30.3 Å². The molecule has 2 amide bonds. The maximum atomic E-state index is 12.7. The van der Waals surface area contributed by atoms with Crippen LogP contribution in [0.2, 0.25) is 0 Å². The SMILES string of the molecule is CCCCCC(=O)Nc1cccc(NC(=S)NC(=O)c2cc(Br)ccc2OC(C)C)c1. The molecule has 0 spiro atoms. The van der Waals surface area contributed by atoms with Crippen molar-refractivity contribution in [3.63, 3.8) is 0 Å². The van der Waals surface area contributed by atoms with Gasteiger partial charge < -0.3 is 15.4 Å². The van der Waals surface area contributed by atoms with Crippen molar-refractivity contribution in [2.45, 2.75) is 52.6 Å². The predicted molar refractivity (Wildman–Crippen MR) is 133 cm³/mol. The van der Waals surface area contributed by atoms with Crippen molar-refractivity contribution in [2.75, 3.05) is 10.6 Å². The summed E-state index contributed by atoms with van der Waals surface area (Å²) in [6, 6.07) is 12.4. The van der Waals surface area contributed by atoms with Crippen LogP contribution in [-0.4, -0.2) is 23.0 Å². The lowest BCUT2D eigenvalue weighted by Crippen LogP contribution is -2.34. The van der Waals surface area contributed by atoms with E-state index in [0.717, 1.165) is 23.7 Å². The molecule has 2 rings (SSSR count). The summed E-state index contributed by atoms with van der Waals surface area (Å²) in [5.74, 6) is 0.0786. The van der Waals surface area contributed by atoms with Crippen LogP contribution in [0.5, 0.6) is 5.75 Å². The number of nitrogens with one attached hydrogen (secondary N) is 3. The highest BCUT2D eigenvalue weighted by Crippen LogP contribution is 2.24. The molecule has 0 heterocycles. The second-order valence-electron chi connectivity index (χ2n) is 7.30. The summed E-state index contributed by atoms with van der Waals surface area (Å²) in [7, 11) is 0. The topological polar surface area (TPSA) is 79.5 Å². The molecule has 31 heavy (non-hydrogen) atoms. The Morgan fingerprint density at radius 1 is 1.06 bits per heavy atom. The van der Waals surface area contributed by atoms with Crippen molar-refractivity contribution in [1.82, 2.24) is 5.32 Å². The summed E-state index contributed by atoms with van der Waals surface area (Å²) >= 11 is 8.67. The third-order valence-corrected chi connectivity index (χ3v) is 4.88. The lowest BCUT2D eigenvalue weighted by atomic mass is 10.2. The highest BCUT2D eigenvalue weighted by atomic mass is 79.9. The predicted octanol–water partition coefficient (Wildman–Crippen LogP) is 5.88. The van der Waals surface area contributed by atoms with Crippen molar-refractivity contribution in [3.05, 3.63) is 52.5 Å². The molecule has 0 atom stereocenters. The first-order valence-corrected chi connectivity index (χ1v) is 11.5. The minimum absolute atomic E-state index is 0.0196. The maximum absolute atomic E-state index is 12.7. The van der Waals surface area contributed by atoms with Crippen LogP contribution < -0.4 is 20.7 Å². The summed E-state index contributed by atoms with van der Waals surface area (Å²) in [6.45, 7) is 5.89. The molecule has 0 radical (unpaired) electrons. The monoisotopic (exact) mass is 505 g/mol. The van der Waals surface area contributed by atoms with E-state index in [1.165, 1.54) is 0 Å². The molecule has 0 aliphatic rings. The Kier molecular flexibility index (Phi) is 9.94. The Morgan fingerprint density at radius 2 is 1.77 bits per heavy atom. The van der Waals surface area contributed by atoms with E-state index in [-0.39, 0.29) is 23.0 Å². The van der Waals surface area contributed by atoms with E-state index in [4.69, 9.17) is 17.0 Å². The van der Waals surface area contributed by atoms with E-state index in [1.807, 2.05) is 26.0 Å². The molecular weight excluding hydrogens is 478 g/mol. The van der Waals surface area contributed by atoms with Gasteiger partial charge in [-0.15, -0.1) is 0 Å². The van der Waals surface area contributed by atoms with Crippen LogP contribution in [0.25, 0.3) is 0 Å². The number of ether oxygens (including phenoxy) is 1. The Hall–Kier alpha value is -2.45. The fraction of sp³-hybridized carbons (Fsp3) is 0.348. The molecule has 0 aromatic heterocycles. The lowest BCUT2D eigenvalue weighted by molar-refractivity contribution is -0.116. The van der Waals surface area contributed by atoms with Gasteiger partial charge in [-0.1, -0.05) is 41.8 Å². The molecule has 0 fully saturated rings.